The Kier molecular flexibility index (Phi) is 5.70. The Morgan fingerprint density at radius 2 is 1.92 bits per heavy atom. The number of carbonyl (C=O) groups is 1. The molecule has 1 aliphatic rings. The number of benzene rings is 1. The van der Waals surface area contributed by atoms with Crippen molar-refractivity contribution in [2.75, 3.05) is 11.9 Å². The number of hydrogen-bond donors (Lipinski definition) is 2. The van der Waals surface area contributed by atoms with E-state index < -0.39 is 0 Å². The number of rotatable bonds is 6. The first-order chi connectivity index (χ1) is 11.7. The highest BCUT2D eigenvalue weighted by Crippen LogP contribution is 2.22. The maximum Gasteiger partial charge on any atom is 0.269 e. The van der Waals surface area contributed by atoms with E-state index in [4.69, 9.17) is 11.6 Å². The van der Waals surface area contributed by atoms with Crippen molar-refractivity contribution in [2.45, 2.75) is 38.1 Å². The highest BCUT2D eigenvalue weighted by molar-refractivity contribution is 6.30. The molecule has 0 bridgehead atoms. The molecule has 24 heavy (non-hydrogen) atoms. The number of nitrogens with one attached hydrogen (secondary N) is 2. The third kappa shape index (κ3) is 4.71. The summed E-state index contributed by atoms with van der Waals surface area (Å²) in [7, 11) is 0. The van der Waals surface area contributed by atoms with Gasteiger partial charge in [-0.1, -0.05) is 36.6 Å². The second-order valence-corrected chi connectivity index (χ2v) is 6.62. The summed E-state index contributed by atoms with van der Waals surface area (Å²) in [6.07, 6.45) is 7.41. The van der Waals surface area contributed by atoms with Crippen LogP contribution in [0.3, 0.4) is 0 Å². The van der Waals surface area contributed by atoms with Crippen LogP contribution in [-0.2, 0) is 6.42 Å². The first-order valence-corrected chi connectivity index (χ1v) is 8.84. The molecule has 4 nitrogen and oxygen atoms in total. The average Bonchev–Trinajstić information content (AvgIpc) is 3.10. The average molecular weight is 344 g/mol. The summed E-state index contributed by atoms with van der Waals surface area (Å²) in [5.41, 5.74) is 2.57. The van der Waals surface area contributed by atoms with Crippen molar-refractivity contribution in [3.05, 3.63) is 58.9 Å². The molecule has 0 aliphatic heterocycles. The number of carbonyl (C=O) groups excluding carboxylic acids is 1. The van der Waals surface area contributed by atoms with E-state index in [0.717, 1.165) is 22.7 Å². The molecule has 0 unspecified atom stereocenters. The van der Waals surface area contributed by atoms with E-state index in [1.165, 1.54) is 25.7 Å². The summed E-state index contributed by atoms with van der Waals surface area (Å²) in [4.78, 5) is 16.4. The van der Waals surface area contributed by atoms with Crippen LogP contribution in [0, 0.1) is 0 Å². The van der Waals surface area contributed by atoms with Gasteiger partial charge in [-0.05, 0) is 49.1 Å². The van der Waals surface area contributed by atoms with E-state index in [1.54, 1.807) is 6.20 Å². The zero-order chi connectivity index (χ0) is 16.8. The summed E-state index contributed by atoms with van der Waals surface area (Å²) in [6.45, 7) is 0.572. The molecule has 5 heteroatoms. The Labute approximate surface area is 147 Å². The largest absolute Gasteiger partial charge is 0.382 e. The third-order valence-corrected chi connectivity index (χ3v) is 4.58. The number of amides is 1. The van der Waals surface area contributed by atoms with Crippen LogP contribution in [0.5, 0.6) is 0 Å². The molecule has 1 aromatic carbocycles. The summed E-state index contributed by atoms with van der Waals surface area (Å²) < 4.78 is 0. The van der Waals surface area contributed by atoms with Gasteiger partial charge in [-0.15, -0.1) is 0 Å². The molecule has 0 spiro atoms. The first kappa shape index (κ1) is 16.8. The number of nitrogens with zero attached hydrogens (tertiary/aromatic N) is 1. The van der Waals surface area contributed by atoms with Gasteiger partial charge >= 0.3 is 0 Å². The van der Waals surface area contributed by atoms with Crippen molar-refractivity contribution in [1.29, 1.82) is 0 Å². The van der Waals surface area contributed by atoms with Crippen LogP contribution < -0.4 is 10.6 Å². The lowest BCUT2D eigenvalue weighted by atomic mass is 10.1. The summed E-state index contributed by atoms with van der Waals surface area (Å²) in [5, 5.41) is 7.13. The minimum absolute atomic E-state index is 0.140. The molecular weight excluding hydrogens is 322 g/mol. The fourth-order valence-electron chi connectivity index (χ4n) is 3.01. The van der Waals surface area contributed by atoms with E-state index >= 15 is 0 Å². The fraction of sp³-hybridized carbons (Fsp3) is 0.368. The highest BCUT2D eigenvalue weighted by Gasteiger charge is 2.15. The number of pyridine rings is 1. The zero-order valence-corrected chi connectivity index (χ0v) is 14.4. The molecule has 1 amide bonds. The van der Waals surface area contributed by atoms with Crippen molar-refractivity contribution >= 4 is 23.2 Å². The molecule has 0 atom stereocenters. The minimum Gasteiger partial charge on any atom is -0.382 e. The Hall–Kier alpha value is -2.07. The minimum atomic E-state index is -0.140. The Balaban J connectivity index is 1.51. The monoisotopic (exact) mass is 343 g/mol. The smallest absolute Gasteiger partial charge is 0.269 e. The molecule has 1 aliphatic carbocycles. The van der Waals surface area contributed by atoms with Crippen molar-refractivity contribution in [2.24, 2.45) is 0 Å². The van der Waals surface area contributed by atoms with Crippen LogP contribution in [0.2, 0.25) is 5.02 Å². The molecule has 1 fully saturated rings. The molecule has 1 aromatic heterocycles. The van der Waals surface area contributed by atoms with Crippen molar-refractivity contribution in [3.63, 3.8) is 0 Å². The van der Waals surface area contributed by atoms with E-state index in [1.807, 2.05) is 36.4 Å². The van der Waals surface area contributed by atoms with Gasteiger partial charge in [0, 0.05) is 29.5 Å². The number of aromatic nitrogens is 1. The predicted molar refractivity (Wildman–Crippen MR) is 97.6 cm³/mol. The lowest BCUT2D eigenvalue weighted by Crippen LogP contribution is -2.26. The van der Waals surface area contributed by atoms with Gasteiger partial charge < -0.3 is 10.6 Å². The fourth-order valence-corrected chi connectivity index (χ4v) is 3.14. The molecular formula is C19H22ClN3O. The molecule has 2 aromatic rings. The number of anilines is 1. The van der Waals surface area contributed by atoms with Crippen LogP contribution in [0.4, 0.5) is 5.69 Å². The van der Waals surface area contributed by atoms with Gasteiger partial charge in [-0.3, -0.25) is 9.78 Å². The quantitative estimate of drug-likeness (QED) is 0.831. The van der Waals surface area contributed by atoms with E-state index in [9.17, 15) is 4.79 Å². The Morgan fingerprint density at radius 3 is 2.67 bits per heavy atom. The molecule has 0 radical (unpaired) electrons. The number of hydrogen-bond acceptors (Lipinski definition) is 3. The SMILES string of the molecule is O=C(NCCc1ccc(Cl)cc1)c1cc(NC2CCCC2)ccn1. The Morgan fingerprint density at radius 1 is 1.17 bits per heavy atom. The van der Waals surface area contributed by atoms with E-state index in [0.29, 0.717) is 18.3 Å². The zero-order valence-electron chi connectivity index (χ0n) is 13.6. The molecule has 1 saturated carbocycles. The van der Waals surface area contributed by atoms with Gasteiger partial charge in [-0.2, -0.15) is 0 Å². The molecule has 0 saturated heterocycles. The first-order valence-electron chi connectivity index (χ1n) is 8.46. The number of halogens is 1. The van der Waals surface area contributed by atoms with E-state index in [2.05, 4.69) is 15.6 Å². The van der Waals surface area contributed by atoms with Crippen LogP contribution in [-0.4, -0.2) is 23.5 Å². The van der Waals surface area contributed by atoms with Crippen molar-refractivity contribution in [1.82, 2.24) is 10.3 Å². The van der Waals surface area contributed by atoms with Gasteiger partial charge in [0.25, 0.3) is 5.91 Å². The molecule has 3 rings (SSSR count). The second kappa shape index (κ2) is 8.15. The van der Waals surface area contributed by atoms with Crippen molar-refractivity contribution in [3.8, 4) is 0 Å². The van der Waals surface area contributed by atoms with Crippen LogP contribution in [0.15, 0.2) is 42.6 Å². The Bertz CT molecular complexity index is 681. The van der Waals surface area contributed by atoms with Gasteiger partial charge in [0.05, 0.1) is 0 Å². The maximum atomic E-state index is 12.3. The van der Waals surface area contributed by atoms with Gasteiger partial charge in [0.2, 0.25) is 0 Å². The molecule has 1 heterocycles. The summed E-state index contributed by atoms with van der Waals surface area (Å²) in [5.74, 6) is -0.140. The van der Waals surface area contributed by atoms with Gasteiger partial charge in [0.15, 0.2) is 0 Å². The van der Waals surface area contributed by atoms with Crippen molar-refractivity contribution < 1.29 is 4.79 Å². The topological polar surface area (TPSA) is 54.0 Å². The van der Waals surface area contributed by atoms with Crippen LogP contribution in [0.25, 0.3) is 0 Å². The standard InChI is InChI=1S/C19H22ClN3O/c20-15-7-5-14(6-8-15)9-11-22-19(24)18-13-17(10-12-21-18)23-16-3-1-2-4-16/h5-8,10,12-13,16H,1-4,9,11H2,(H,21,23)(H,22,24). The van der Waals surface area contributed by atoms with Crippen LogP contribution in [0.1, 0.15) is 41.7 Å². The van der Waals surface area contributed by atoms with Gasteiger partial charge in [-0.25, -0.2) is 0 Å². The molecule has 126 valence electrons. The normalized spacial score (nSPS) is 14.5. The predicted octanol–water partition coefficient (Wildman–Crippen LogP) is 4.06. The summed E-state index contributed by atoms with van der Waals surface area (Å²) >= 11 is 5.87. The summed E-state index contributed by atoms with van der Waals surface area (Å²) in [6, 6.07) is 11.9. The molecule has 2 N–H and O–H groups in total. The van der Waals surface area contributed by atoms with Gasteiger partial charge in [0.1, 0.15) is 5.69 Å². The lowest BCUT2D eigenvalue weighted by molar-refractivity contribution is 0.0949. The highest BCUT2D eigenvalue weighted by atomic mass is 35.5. The third-order valence-electron chi connectivity index (χ3n) is 4.33. The second-order valence-electron chi connectivity index (χ2n) is 6.19. The van der Waals surface area contributed by atoms with Crippen LogP contribution >= 0.6 is 11.6 Å². The van der Waals surface area contributed by atoms with E-state index in [-0.39, 0.29) is 5.91 Å². The maximum absolute atomic E-state index is 12.3. The lowest BCUT2D eigenvalue weighted by Gasteiger charge is -2.14.